The SMILES string of the molecule is CCc1nc(NC(=O)c2cc(Br)cnc2N)sc1C. The number of aryl methyl sites for hydroxylation is 2. The Labute approximate surface area is 123 Å². The van der Waals surface area contributed by atoms with Crippen LogP contribution in [0.2, 0.25) is 0 Å². The number of carbonyl (C=O) groups excluding carboxylic acids is 1. The van der Waals surface area contributed by atoms with Crippen LogP contribution in [-0.4, -0.2) is 15.9 Å². The number of nitrogens with one attached hydrogen (secondary N) is 1. The quantitative estimate of drug-likeness (QED) is 0.899. The Bertz CT molecular complexity index is 626. The minimum absolute atomic E-state index is 0.199. The lowest BCUT2D eigenvalue weighted by Crippen LogP contribution is -2.14. The minimum Gasteiger partial charge on any atom is -0.383 e. The van der Waals surface area contributed by atoms with Crippen molar-refractivity contribution in [3.8, 4) is 0 Å². The fourth-order valence-corrected chi connectivity index (χ4v) is 2.83. The third kappa shape index (κ3) is 3.10. The van der Waals surface area contributed by atoms with Crippen molar-refractivity contribution in [3.05, 3.63) is 32.9 Å². The summed E-state index contributed by atoms with van der Waals surface area (Å²) in [6.07, 6.45) is 2.40. The van der Waals surface area contributed by atoms with Gasteiger partial charge in [0.2, 0.25) is 0 Å². The van der Waals surface area contributed by atoms with E-state index in [0.717, 1.165) is 17.0 Å². The van der Waals surface area contributed by atoms with Gasteiger partial charge in [0.1, 0.15) is 5.82 Å². The van der Waals surface area contributed by atoms with E-state index in [4.69, 9.17) is 5.73 Å². The number of nitrogens with two attached hydrogens (primary N) is 1. The predicted molar refractivity (Wildman–Crippen MR) is 80.5 cm³/mol. The fraction of sp³-hybridized carbons (Fsp3) is 0.250. The Hall–Kier alpha value is -1.47. The summed E-state index contributed by atoms with van der Waals surface area (Å²) in [5.41, 5.74) is 7.03. The molecule has 2 heterocycles. The van der Waals surface area contributed by atoms with Crippen LogP contribution >= 0.6 is 27.3 Å². The van der Waals surface area contributed by atoms with Gasteiger partial charge in [0.05, 0.1) is 11.3 Å². The molecular formula is C12H13BrN4OS. The normalized spacial score (nSPS) is 10.5. The summed E-state index contributed by atoms with van der Waals surface area (Å²) in [7, 11) is 0. The summed E-state index contributed by atoms with van der Waals surface area (Å²) >= 11 is 4.72. The largest absolute Gasteiger partial charge is 0.383 e. The van der Waals surface area contributed by atoms with Crippen LogP contribution in [0.1, 0.15) is 27.9 Å². The van der Waals surface area contributed by atoms with Gasteiger partial charge >= 0.3 is 0 Å². The van der Waals surface area contributed by atoms with Crippen molar-refractivity contribution in [2.75, 3.05) is 11.1 Å². The van der Waals surface area contributed by atoms with Crippen LogP contribution in [0.15, 0.2) is 16.7 Å². The first-order valence-corrected chi connectivity index (χ1v) is 7.31. The number of pyridine rings is 1. The number of amides is 1. The van der Waals surface area contributed by atoms with Gasteiger partial charge in [-0.1, -0.05) is 6.92 Å². The van der Waals surface area contributed by atoms with Crippen LogP contribution < -0.4 is 11.1 Å². The van der Waals surface area contributed by atoms with Crippen LogP contribution in [0.5, 0.6) is 0 Å². The van der Waals surface area contributed by atoms with Gasteiger partial charge in [-0.2, -0.15) is 0 Å². The second-order valence-electron chi connectivity index (χ2n) is 3.92. The first kappa shape index (κ1) is 14.0. The molecule has 0 radical (unpaired) electrons. The van der Waals surface area contributed by atoms with E-state index in [0.29, 0.717) is 15.2 Å². The molecule has 0 aromatic carbocycles. The van der Waals surface area contributed by atoms with Crippen molar-refractivity contribution < 1.29 is 4.79 Å². The topological polar surface area (TPSA) is 80.9 Å². The highest BCUT2D eigenvalue weighted by atomic mass is 79.9. The second kappa shape index (κ2) is 5.66. The van der Waals surface area contributed by atoms with Crippen molar-refractivity contribution in [1.29, 1.82) is 0 Å². The monoisotopic (exact) mass is 340 g/mol. The second-order valence-corrected chi connectivity index (χ2v) is 6.03. The fourth-order valence-electron chi connectivity index (χ4n) is 1.61. The van der Waals surface area contributed by atoms with E-state index in [2.05, 4.69) is 31.2 Å². The van der Waals surface area contributed by atoms with E-state index in [1.165, 1.54) is 11.3 Å². The number of carbonyl (C=O) groups is 1. The molecule has 1 amide bonds. The Morgan fingerprint density at radius 2 is 2.32 bits per heavy atom. The highest BCUT2D eigenvalue weighted by molar-refractivity contribution is 9.10. The maximum Gasteiger partial charge on any atom is 0.261 e. The van der Waals surface area contributed by atoms with Crippen LogP contribution in [0.3, 0.4) is 0 Å². The van der Waals surface area contributed by atoms with E-state index in [1.807, 2.05) is 13.8 Å². The van der Waals surface area contributed by atoms with E-state index in [-0.39, 0.29) is 11.7 Å². The van der Waals surface area contributed by atoms with Gasteiger partial charge < -0.3 is 5.73 Å². The van der Waals surface area contributed by atoms with Crippen LogP contribution in [0, 0.1) is 6.92 Å². The number of hydrogen-bond acceptors (Lipinski definition) is 5. The van der Waals surface area contributed by atoms with Gasteiger partial charge in [0.15, 0.2) is 5.13 Å². The van der Waals surface area contributed by atoms with Crippen LogP contribution in [0.25, 0.3) is 0 Å². The number of nitrogen functional groups attached to an aromatic ring is 1. The highest BCUT2D eigenvalue weighted by Crippen LogP contribution is 2.24. The molecule has 0 aliphatic carbocycles. The molecule has 0 atom stereocenters. The minimum atomic E-state index is -0.303. The van der Waals surface area contributed by atoms with Crippen LogP contribution in [0.4, 0.5) is 10.9 Å². The Morgan fingerprint density at radius 1 is 1.58 bits per heavy atom. The Kier molecular flexibility index (Phi) is 4.16. The number of halogens is 1. The third-order valence-electron chi connectivity index (χ3n) is 2.58. The number of rotatable bonds is 3. The number of thiazole rings is 1. The zero-order valence-electron chi connectivity index (χ0n) is 10.5. The summed E-state index contributed by atoms with van der Waals surface area (Å²) in [4.78, 5) is 21.5. The van der Waals surface area contributed by atoms with Gasteiger partial charge in [-0.05, 0) is 35.3 Å². The zero-order chi connectivity index (χ0) is 14.0. The van der Waals surface area contributed by atoms with Gasteiger partial charge in [-0.15, -0.1) is 11.3 Å². The lowest BCUT2D eigenvalue weighted by atomic mass is 10.2. The van der Waals surface area contributed by atoms with Crippen molar-refractivity contribution in [3.63, 3.8) is 0 Å². The van der Waals surface area contributed by atoms with Crippen LogP contribution in [-0.2, 0) is 6.42 Å². The van der Waals surface area contributed by atoms with Gasteiger partial charge in [0, 0.05) is 15.5 Å². The van der Waals surface area contributed by atoms with E-state index >= 15 is 0 Å². The molecular weight excluding hydrogens is 328 g/mol. The first-order valence-electron chi connectivity index (χ1n) is 5.70. The molecule has 0 saturated carbocycles. The lowest BCUT2D eigenvalue weighted by Gasteiger charge is -2.04. The Morgan fingerprint density at radius 3 is 2.95 bits per heavy atom. The third-order valence-corrected chi connectivity index (χ3v) is 3.94. The molecule has 2 rings (SSSR count). The van der Waals surface area contributed by atoms with Crippen molar-refractivity contribution in [1.82, 2.24) is 9.97 Å². The number of nitrogens with zero attached hydrogens (tertiary/aromatic N) is 2. The smallest absolute Gasteiger partial charge is 0.261 e. The first-order chi connectivity index (χ1) is 9.01. The molecule has 0 saturated heterocycles. The maximum atomic E-state index is 12.1. The lowest BCUT2D eigenvalue weighted by molar-refractivity contribution is 0.102. The van der Waals surface area contributed by atoms with E-state index in [9.17, 15) is 4.79 Å². The Balaban J connectivity index is 2.22. The summed E-state index contributed by atoms with van der Waals surface area (Å²) in [5.74, 6) is -0.104. The molecule has 3 N–H and O–H groups in total. The molecule has 0 aliphatic heterocycles. The molecule has 2 aromatic heterocycles. The number of aromatic nitrogens is 2. The van der Waals surface area contributed by atoms with E-state index in [1.54, 1.807) is 12.3 Å². The van der Waals surface area contributed by atoms with Crippen molar-refractivity contribution in [2.45, 2.75) is 20.3 Å². The van der Waals surface area contributed by atoms with Crippen molar-refractivity contribution in [2.24, 2.45) is 0 Å². The number of hydrogen-bond donors (Lipinski definition) is 2. The average molecular weight is 341 g/mol. The predicted octanol–water partition coefficient (Wildman–Crippen LogP) is 3.01. The molecule has 100 valence electrons. The molecule has 19 heavy (non-hydrogen) atoms. The zero-order valence-corrected chi connectivity index (χ0v) is 12.9. The summed E-state index contributed by atoms with van der Waals surface area (Å²) in [6.45, 7) is 4.02. The van der Waals surface area contributed by atoms with Gasteiger partial charge in [0.25, 0.3) is 5.91 Å². The standard InChI is InChI=1S/C12H13BrN4OS/c1-3-9-6(2)19-12(16-9)17-11(18)8-4-7(13)5-15-10(8)14/h4-5H,3H2,1-2H3,(H2,14,15)(H,16,17,18). The maximum absolute atomic E-state index is 12.1. The summed E-state index contributed by atoms with van der Waals surface area (Å²) < 4.78 is 0.705. The summed E-state index contributed by atoms with van der Waals surface area (Å²) in [6, 6.07) is 1.64. The van der Waals surface area contributed by atoms with Crippen molar-refractivity contribution >= 4 is 44.1 Å². The molecule has 0 aliphatic rings. The molecule has 0 spiro atoms. The molecule has 0 unspecified atom stereocenters. The molecule has 5 nitrogen and oxygen atoms in total. The number of anilines is 2. The molecule has 2 aromatic rings. The highest BCUT2D eigenvalue weighted by Gasteiger charge is 2.14. The van der Waals surface area contributed by atoms with E-state index < -0.39 is 0 Å². The average Bonchev–Trinajstić information content (AvgIpc) is 2.72. The molecule has 0 bridgehead atoms. The molecule has 7 heteroatoms. The molecule has 0 fully saturated rings. The van der Waals surface area contributed by atoms with Gasteiger partial charge in [-0.3, -0.25) is 10.1 Å². The summed E-state index contributed by atoms with van der Waals surface area (Å²) in [5, 5.41) is 3.33. The van der Waals surface area contributed by atoms with Gasteiger partial charge in [-0.25, -0.2) is 9.97 Å².